The van der Waals surface area contributed by atoms with Gasteiger partial charge in [-0.05, 0) is 23.1 Å². The summed E-state index contributed by atoms with van der Waals surface area (Å²) in [5, 5.41) is 0.0886. The maximum absolute atomic E-state index is 3.69. The van der Waals surface area contributed by atoms with Crippen LogP contribution in [0.1, 0.15) is 25.0 Å². The van der Waals surface area contributed by atoms with Crippen LogP contribution in [0, 0.1) is 6.92 Å². The van der Waals surface area contributed by atoms with Crippen LogP contribution >= 0.6 is 0 Å². The zero-order valence-electron chi connectivity index (χ0n) is 7.31. The van der Waals surface area contributed by atoms with Gasteiger partial charge in [-0.3, -0.25) is 0 Å². The fourth-order valence-electron chi connectivity index (χ4n) is 1.27. The predicted octanol–water partition coefficient (Wildman–Crippen LogP) is 2.40. The van der Waals surface area contributed by atoms with Crippen molar-refractivity contribution in [1.29, 1.82) is 0 Å². The Kier molecular flexibility index (Phi) is 2.19. The van der Waals surface area contributed by atoms with Crippen molar-refractivity contribution in [1.82, 2.24) is 0 Å². The van der Waals surface area contributed by atoms with Crippen LogP contribution in [-0.4, -0.2) is 10.2 Å². The summed E-state index contributed by atoms with van der Waals surface area (Å²) < 4.78 is 0. The van der Waals surface area contributed by atoms with Crippen LogP contribution in [-0.2, 0) is 5.04 Å². The smallest absolute Gasteiger partial charge is 0.0371 e. The monoisotopic (exact) mass is 161 g/mol. The number of benzene rings is 1. The molecule has 0 fully saturated rings. The third-order valence-corrected chi connectivity index (χ3v) is 2.09. The predicted molar refractivity (Wildman–Crippen MR) is 50.0 cm³/mol. The van der Waals surface area contributed by atoms with Gasteiger partial charge in [-0.25, -0.2) is 0 Å². The molecule has 0 atom stereocenters. The molecule has 1 aromatic rings. The molecule has 11 heavy (non-hydrogen) atoms. The normalized spacial score (nSPS) is 11.6. The minimum Gasteiger partial charge on any atom is -0.0620 e. The highest BCUT2D eigenvalue weighted by molar-refractivity contribution is 6.15. The molecule has 0 spiro atoms. The van der Waals surface area contributed by atoms with Crippen LogP contribution in [0.5, 0.6) is 0 Å². The Hall–Kier alpha value is -0.563. The number of rotatable bonds is 1. The molecular weight excluding hydrogens is 148 g/mol. The van der Waals surface area contributed by atoms with Gasteiger partial charge in [0.2, 0.25) is 0 Å². The average molecular weight is 161 g/mol. The molecule has 0 heterocycles. The van der Waals surface area contributed by atoms with Crippen molar-refractivity contribution >= 4 is 10.2 Å². The maximum Gasteiger partial charge on any atom is 0.0371 e. The summed E-state index contributed by atoms with van der Waals surface area (Å²) in [5.41, 5.74) is 2.70. The molecule has 1 heteroatoms. The van der Waals surface area contributed by atoms with E-state index < -0.39 is 0 Å². The van der Waals surface area contributed by atoms with E-state index in [9.17, 15) is 0 Å². The lowest BCUT2D eigenvalue weighted by molar-refractivity contribution is 0.757. The van der Waals surface area contributed by atoms with E-state index in [1.54, 1.807) is 0 Å². The molecule has 0 unspecified atom stereocenters. The lowest BCUT2D eigenvalue weighted by Crippen LogP contribution is -2.17. The van der Waals surface area contributed by atoms with Gasteiger partial charge in [-0.1, -0.05) is 38.1 Å². The van der Waals surface area contributed by atoms with E-state index in [0.717, 1.165) is 0 Å². The average Bonchev–Trinajstić information content (AvgIpc) is 1.86. The van der Waals surface area contributed by atoms with Gasteiger partial charge in [0.25, 0.3) is 0 Å². The zero-order chi connectivity index (χ0) is 8.48. The van der Waals surface area contributed by atoms with Gasteiger partial charge in [0, 0.05) is 10.2 Å². The van der Waals surface area contributed by atoms with Gasteiger partial charge in [-0.15, -0.1) is 0 Å². The molecule has 0 aliphatic carbocycles. The second-order valence-electron chi connectivity index (χ2n) is 3.44. The van der Waals surface area contributed by atoms with Gasteiger partial charge in [0.15, 0.2) is 0 Å². The molecule has 0 saturated heterocycles. The van der Waals surface area contributed by atoms with Gasteiger partial charge in [-0.2, -0.15) is 0 Å². The molecule has 57 valence electrons. The van der Waals surface area contributed by atoms with Crippen LogP contribution in [0.25, 0.3) is 0 Å². The Balaban J connectivity index is 3.14. The highest BCUT2D eigenvalue weighted by Gasteiger charge is 2.14. The van der Waals surface area contributed by atoms with Crippen LogP contribution in [0.3, 0.4) is 0 Å². The second-order valence-corrected chi connectivity index (χ2v) is 4.69. The van der Waals surface area contributed by atoms with Crippen molar-refractivity contribution < 1.29 is 0 Å². The SMILES string of the molecule is Cc1ccccc1C(C)(C)[Si]. The summed E-state index contributed by atoms with van der Waals surface area (Å²) in [7, 11) is 3.69. The third kappa shape index (κ3) is 1.93. The molecule has 3 radical (unpaired) electrons. The Morgan fingerprint density at radius 2 is 1.73 bits per heavy atom. The lowest BCUT2D eigenvalue weighted by Gasteiger charge is -2.20. The summed E-state index contributed by atoms with van der Waals surface area (Å²) in [6.07, 6.45) is 0. The highest BCUT2D eigenvalue weighted by Crippen LogP contribution is 2.21. The largest absolute Gasteiger partial charge is 0.0620 e. The fraction of sp³-hybridized carbons (Fsp3) is 0.400. The van der Waals surface area contributed by atoms with Gasteiger partial charge < -0.3 is 0 Å². The zero-order valence-corrected chi connectivity index (χ0v) is 8.31. The number of aryl methyl sites for hydroxylation is 1. The highest BCUT2D eigenvalue weighted by atomic mass is 28.1. The summed E-state index contributed by atoms with van der Waals surface area (Å²) in [6.45, 7) is 6.45. The van der Waals surface area contributed by atoms with E-state index >= 15 is 0 Å². The van der Waals surface area contributed by atoms with E-state index in [-0.39, 0.29) is 5.04 Å². The van der Waals surface area contributed by atoms with Crippen molar-refractivity contribution in [3.8, 4) is 0 Å². The third-order valence-electron chi connectivity index (χ3n) is 1.82. The Morgan fingerprint density at radius 1 is 1.18 bits per heavy atom. The van der Waals surface area contributed by atoms with Crippen LogP contribution < -0.4 is 0 Å². The van der Waals surface area contributed by atoms with Gasteiger partial charge >= 0.3 is 0 Å². The van der Waals surface area contributed by atoms with Crippen molar-refractivity contribution in [2.24, 2.45) is 0 Å². The molecule has 0 aliphatic rings. The Bertz CT molecular complexity index is 245. The van der Waals surface area contributed by atoms with Gasteiger partial charge in [0.05, 0.1) is 0 Å². The molecule has 0 N–H and O–H groups in total. The van der Waals surface area contributed by atoms with Gasteiger partial charge in [0.1, 0.15) is 0 Å². The molecular formula is C10H13Si. The minimum atomic E-state index is 0.0886. The topological polar surface area (TPSA) is 0 Å². The molecule has 0 amide bonds. The van der Waals surface area contributed by atoms with Crippen molar-refractivity contribution in [3.63, 3.8) is 0 Å². The first kappa shape index (κ1) is 8.53. The molecule has 0 aromatic heterocycles. The Labute approximate surface area is 72.1 Å². The number of hydrogen-bond acceptors (Lipinski definition) is 0. The first-order valence-corrected chi connectivity index (χ1v) is 4.33. The van der Waals surface area contributed by atoms with Crippen molar-refractivity contribution in [3.05, 3.63) is 35.4 Å². The van der Waals surface area contributed by atoms with E-state index in [0.29, 0.717) is 0 Å². The summed E-state index contributed by atoms with van der Waals surface area (Å²) >= 11 is 0. The molecule has 1 aromatic carbocycles. The maximum atomic E-state index is 3.69. The molecule has 0 nitrogen and oxygen atoms in total. The summed E-state index contributed by atoms with van der Waals surface area (Å²) in [4.78, 5) is 0. The molecule has 1 rings (SSSR count). The standard InChI is InChI=1S/C10H13Si/c1-8-6-4-5-7-9(8)10(2,3)11/h4-7H,1-3H3. The quantitative estimate of drug-likeness (QED) is 0.555. The van der Waals surface area contributed by atoms with Crippen LogP contribution in [0.4, 0.5) is 0 Å². The van der Waals surface area contributed by atoms with E-state index in [2.05, 4.69) is 55.3 Å². The summed E-state index contributed by atoms with van der Waals surface area (Å²) in [6, 6.07) is 8.43. The fourth-order valence-corrected chi connectivity index (χ4v) is 1.55. The number of hydrogen-bond donors (Lipinski definition) is 0. The first-order chi connectivity index (χ1) is 5.02. The van der Waals surface area contributed by atoms with Crippen LogP contribution in [0.2, 0.25) is 0 Å². The summed E-state index contributed by atoms with van der Waals surface area (Å²) in [5.74, 6) is 0. The second kappa shape index (κ2) is 2.82. The first-order valence-electron chi connectivity index (χ1n) is 3.83. The Morgan fingerprint density at radius 3 is 2.09 bits per heavy atom. The molecule has 0 bridgehead atoms. The molecule has 0 saturated carbocycles. The lowest BCUT2D eigenvalue weighted by atomic mass is 9.97. The van der Waals surface area contributed by atoms with Crippen molar-refractivity contribution in [2.45, 2.75) is 25.8 Å². The molecule has 0 aliphatic heterocycles. The minimum absolute atomic E-state index is 0.0886. The van der Waals surface area contributed by atoms with Crippen molar-refractivity contribution in [2.75, 3.05) is 0 Å². The van der Waals surface area contributed by atoms with E-state index in [1.807, 2.05) is 0 Å². The van der Waals surface area contributed by atoms with E-state index in [1.165, 1.54) is 11.1 Å². The van der Waals surface area contributed by atoms with E-state index in [4.69, 9.17) is 0 Å². The van der Waals surface area contributed by atoms with Crippen LogP contribution in [0.15, 0.2) is 24.3 Å².